The minimum Gasteiger partial charge on any atom is -0.198 e. The summed E-state index contributed by atoms with van der Waals surface area (Å²) < 4.78 is 0. The molecule has 0 fully saturated rings. The number of H-pyrrole nitrogens is 2. The van der Waals surface area contributed by atoms with Crippen LogP contribution in [0.15, 0.2) is 36.9 Å². The highest BCUT2D eigenvalue weighted by atomic mass is 15.3. The molecule has 3 rings (SSSR count). The van der Waals surface area contributed by atoms with E-state index >= 15 is 0 Å². The van der Waals surface area contributed by atoms with Gasteiger partial charge in [0.15, 0.2) is 0 Å². The molecule has 2 heterocycles. The van der Waals surface area contributed by atoms with Crippen LogP contribution in [0.1, 0.15) is 22.3 Å². The number of hydrogen-bond acceptors (Lipinski definition) is 4. The van der Waals surface area contributed by atoms with Crippen molar-refractivity contribution in [2.75, 3.05) is 0 Å². The zero-order valence-corrected chi connectivity index (χ0v) is 12.3. The first kappa shape index (κ1) is 15.6. The predicted octanol–water partition coefficient (Wildman–Crippen LogP) is 2.53. The number of nitrogens with one attached hydrogen (secondary N) is 2. The third-order valence-electron chi connectivity index (χ3n) is 2.77. The van der Waals surface area contributed by atoms with Gasteiger partial charge in [-0.2, -0.15) is 30.8 Å². The molecule has 0 spiro atoms. The summed E-state index contributed by atoms with van der Waals surface area (Å²) in [6, 6.07) is 4.48. The first-order chi connectivity index (χ1) is 9.61. The molecule has 20 heavy (non-hydrogen) atoms. The number of aryl methyl sites for hydroxylation is 4. The second-order valence-corrected chi connectivity index (χ2v) is 4.33. The molecule has 3 aromatic rings. The lowest BCUT2D eigenvalue weighted by atomic mass is 10.0. The van der Waals surface area contributed by atoms with Crippen molar-refractivity contribution in [2.24, 2.45) is 0 Å². The van der Waals surface area contributed by atoms with Crippen LogP contribution >= 0.6 is 0 Å². The average Bonchev–Trinajstić information content (AvgIpc) is 3.14. The SMILES string of the molecule is Cc1cc(C)c(C)cc1C.c1cn[nH]n1.c1cn[nH]n1. The van der Waals surface area contributed by atoms with Crippen LogP contribution in [0, 0.1) is 27.7 Å². The maximum absolute atomic E-state index is 3.49. The summed E-state index contributed by atoms with van der Waals surface area (Å²) in [6.07, 6.45) is 6.33. The van der Waals surface area contributed by atoms with Crippen molar-refractivity contribution >= 4 is 0 Å². The normalized spacial score (nSPS) is 9.00. The van der Waals surface area contributed by atoms with E-state index in [9.17, 15) is 0 Å². The van der Waals surface area contributed by atoms with Gasteiger partial charge in [-0.3, -0.25) is 0 Å². The number of hydrogen-bond donors (Lipinski definition) is 2. The monoisotopic (exact) mass is 272 g/mol. The molecule has 0 saturated carbocycles. The van der Waals surface area contributed by atoms with E-state index in [1.54, 1.807) is 24.8 Å². The fourth-order valence-electron chi connectivity index (χ4n) is 1.44. The van der Waals surface area contributed by atoms with E-state index in [0.717, 1.165) is 0 Å². The maximum atomic E-state index is 3.49. The Morgan fingerprint density at radius 2 is 0.800 bits per heavy atom. The van der Waals surface area contributed by atoms with Gasteiger partial charge in [-0.05, 0) is 49.9 Å². The minimum absolute atomic E-state index is 1.39. The number of aromatic amines is 2. The van der Waals surface area contributed by atoms with E-state index in [1.807, 2.05) is 0 Å². The molecule has 0 aliphatic heterocycles. The van der Waals surface area contributed by atoms with Gasteiger partial charge in [0.05, 0.1) is 24.8 Å². The molecule has 0 unspecified atom stereocenters. The fraction of sp³-hybridized carbons (Fsp3) is 0.286. The lowest BCUT2D eigenvalue weighted by Crippen LogP contribution is -1.86. The predicted molar refractivity (Wildman–Crippen MR) is 78.2 cm³/mol. The van der Waals surface area contributed by atoms with Crippen LogP contribution in [0.2, 0.25) is 0 Å². The van der Waals surface area contributed by atoms with E-state index in [2.05, 4.69) is 70.6 Å². The molecule has 0 aliphatic rings. The van der Waals surface area contributed by atoms with Gasteiger partial charge in [-0.15, -0.1) is 0 Å². The van der Waals surface area contributed by atoms with Crippen LogP contribution in [0.5, 0.6) is 0 Å². The molecule has 6 heteroatoms. The molecule has 2 aromatic heterocycles. The van der Waals surface area contributed by atoms with Crippen LogP contribution < -0.4 is 0 Å². The Balaban J connectivity index is 0.000000167. The third kappa shape index (κ3) is 5.90. The summed E-state index contributed by atoms with van der Waals surface area (Å²) in [5, 5.41) is 18.7. The van der Waals surface area contributed by atoms with Crippen LogP contribution in [0.25, 0.3) is 0 Å². The second kappa shape index (κ2) is 8.58. The summed E-state index contributed by atoms with van der Waals surface area (Å²) in [4.78, 5) is 0. The van der Waals surface area contributed by atoms with Crippen molar-refractivity contribution in [1.82, 2.24) is 30.8 Å². The molecule has 106 valence electrons. The van der Waals surface area contributed by atoms with Crippen molar-refractivity contribution in [3.63, 3.8) is 0 Å². The Hall–Kier alpha value is -2.50. The van der Waals surface area contributed by atoms with Gasteiger partial charge in [0.2, 0.25) is 0 Å². The summed E-state index contributed by atoms with van der Waals surface area (Å²) in [7, 11) is 0. The lowest BCUT2D eigenvalue weighted by molar-refractivity contribution is 0.940. The van der Waals surface area contributed by atoms with Gasteiger partial charge in [-0.1, -0.05) is 12.1 Å². The zero-order valence-electron chi connectivity index (χ0n) is 12.3. The molecule has 6 nitrogen and oxygen atoms in total. The molecule has 0 amide bonds. The Morgan fingerprint density at radius 3 is 0.950 bits per heavy atom. The third-order valence-corrected chi connectivity index (χ3v) is 2.77. The molecular weight excluding hydrogens is 252 g/mol. The van der Waals surface area contributed by atoms with E-state index in [4.69, 9.17) is 0 Å². The zero-order chi connectivity index (χ0) is 14.8. The molecule has 1 aromatic carbocycles. The summed E-state index contributed by atoms with van der Waals surface area (Å²) >= 11 is 0. The van der Waals surface area contributed by atoms with Crippen LogP contribution in [-0.4, -0.2) is 30.8 Å². The van der Waals surface area contributed by atoms with Crippen LogP contribution in [0.4, 0.5) is 0 Å². The fourth-order valence-corrected chi connectivity index (χ4v) is 1.44. The standard InChI is InChI=1S/C10H14.2C2H3N3/c1-7-5-9(3)10(4)6-8(7)2;2*1-2-4-5-3-1/h5-6H,1-4H3;2*1-2H,(H,3,4,5). The molecule has 0 aliphatic carbocycles. The molecule has 0 bridgehead atoms. The Labute approximate surface area is 118 Å². The molecule has 0 saturated heterocycles. The Bertz CT molecular complexity index is 461. The van der Waals surface area contributed by atoms with E-state index in [0.29, 0.717) is 0 Å². The number of aromatic nitrogens is 6. The van der Waals surface area contributed by atoms with E-state index in [-0.39, 0.29) is 0 Å². The number of nitrogens with zero attached hydrogens (tertiary/aromatic N) is 4. The van der Waals surface area contributed by atoms with E-state index < -0.39 is 0 Å². The van der Waals surface area contributed by atoms with Crippen molar-refractivity contribution < 1.29 is 0 Å². The van der Waals surface area contributed by atoms with Crippen LogP contribution in [0.3, 0.4) is 0 Å². The summed E-state index contributed by atoms with van der Waals surface area (Å²) in [6.45, 7) is 8.62. The Kier molecular flexibility index (Phi) is 6.67. The molecule has 2 N–H and O–H groups in total. The van der Waals surface area contributed by atoms with E-state index in [1.165, 1.54) is 22.3 Å². The lowest BCUT2D eigenvalue weighted by Gasteiger charge is -2.04. The quantitative estimate of drug-likeness (QED) is 0.658. The molecular formula is C14H20N6. The van der Waals surface area contributed by atoms with Crippen molar-refractivity contribution in [3.8, 4) is 0 Å². The van der Waals surface area contributed by atoms with Gasteiger partial charge < -0.3 is 0 Å². The molecule has 0 atom stereocenters. The first-order valence-corrected chi connectivity index (χ1v) is 6.25. The van der Waals surface area contributed by atoms with Gasteiger partial charge in [-0.25, -0.2) is 0 Å². The molecule has 0 radical (unpaired) electrons. The Morgan fingerprint density at radius 1 is 0.550 bits per heavy atom. The van der Waals surface area contributed by atoms with Gasteiger partial charge in [0.1, 0.15) is 0 Å². The highest BCUT2D eigenvalue weighted by molar-refractivity contribution is 5.35. The summed E-state index contributed by atoms with van der Waals surface area (Å²) in [5.41, 5.74) is 5.57. The average molecular weight is 272 g/mol. The van der Waals surface area contributed by atoms with Crippen molar-refractivity contribution in [3.05, 3.63) is 59.2 Å². The number of rotatable bonds is 0. The van der Waals surface area contributed by atoms with Gasteiger partial charge in [0, 0.05) is 0 Å². The minimum atomic E-state index is 1.39. The highest BCUT2D eigenvalue weighted by Crippen LogP contribution is 2.13. The van der Waals surface area contributed by atoms with Gasteiger partial charge >= 0.3 is 0 Å². The maximum Gasteiger partial charge on any atom is 0.0690 e. The van der Waals surface area contributed by atoms with Crippen molar-refractivity contribution in [2.45, 2.75) is 27.7 Å². The van der Waals surface area contributed by atoms with Crippen LogP contribution in [-0.2, 0) is 0 Å². The second-order valence-electron chi connectivity index (χ2n) is 4.33. The van der Waals surface area contributed by atoms with Crippen molar-refractivity contribution in [1.29, 1.82) is 0 Å². The van der Waals surface area contributed by atoms with Gasteiger partial charge in [0.25, 0.3) is 0 Å². The number of benzene rings is 1. The largest absolute Gasteiger partial charge is 0.198 e. The topological polar surface area (TPSA) is 83.1 Å². The highest BCUT2D eigenvalue weighted by Gasteiger charge is 1.95. The first-order valence-electron chi connectivity index (χ1n) is 6.25. The smallest absolute Gasteiger partial charge is 0.0690 e. The summed E-state index contributed by atoms with van der Waals surface area (Å²) in [5.74, 6) is 0.